The lowest BCUT2D eigenvalue weighted by Gasteiger charge is -2.11. The van der Waals surface area contributed by atoms with Crippen LogP contribution in [-0.4, -0.2) is 12.6 Å². The van der Waals surface area contributed by atoms with Gasteiger partial charge < -0.3 is 5.32 Å². The number of halogens is 1. The first-order valence-electron chi connectivity index (χ1n) is 5.70. The average molecular weight is 226 g/mol. The van der Waals surface area contributed by atoms with Gasteiger partial charge in [-0.05, 0) is 44.4 Å². The monoisotopic (exact) mass is 225 g/mol. The molecule has 1 atom stereocenters. The molecule has 0 amide bonds. The van der Waals surface area contributed by atoms with Crippen LogP contribution in [-0.2, 0) is 6.42 Å². The molecule has 0 saturated heterocycles. The number of rotatable bonds is 6. The number of hydrogen-bond acceptors (Lipinski definition) is 1. The van der Waals surface area contributed by atoms with E-state index in [-0.39, 0.29) is 0 Å². The molecule has 0 radical (unpaired) electrons. The number of nitrogens with one attached hydrogen (secondary N) is 1. The van der Waals surface area contributed by atoms with Gasteiger partial charge >= 0.3 is 0 Å². The fourth-order valence-electron chi connectivity index (χ4n) is 1.47. The summed E-state index contributed by atoms with van der Waals surface area (Å²) in [5, 5.41) is 4.37. The van der Waals surface area contributed by atoms with Crippen molar-refractivity contribution in [1.29, 1.82) is 0 Å². The predicted octanol–water partition coefficient (Wildman–Crippen LogP) is 3.66. The molecule has 0 spiro atoms. The summed E-state index contributed by atoms with van der Waals surface area (Å²) in [6.45, 7) is 5.49. The zero-order chi connectivity index (χ0) is 11.1. The van der Waals surface area contributed by atoms with E-state index in [0.717, 1.165) is 24.4 Å². The van der Waals surface area contributed by atoms with Crippen LogP contribution in [0.4, 0.5) is 0 Å². The first-order valence-corrected chi connectivity index (χ1v) is 6.08. The van der Waals surface area contributed by atoms with Gasteiger partial charge in [-0.25, -0.2) is 0 Å². The van der Waals surface area contributed by atoms with Gasteiger partial charge in [-0.1, -0.05) is 36.7 Å². The van der Waals surface area contributed by atoms with Gasteiger partial charge in [-0.15, -0.1) is 0 Å². The third-order valence-electron chi connectivity index (χ3n) is 2.69. The summed E-state index contributed by atoms with van der Waals surface area (Å²) in [4.78, 5) is 0. The van der Waals surface area contributed by atoms with Crippen LogP contribution in [0, 0.1) is 0 Å². The highest BCUT2D eigenvalue weighted by molar-refractivity contribution is 6.31. The molecule has 1 aromatic rings. The van der Waals surface area contributed by atoms with Crippen molar-refractivity contribution >= 4 is 11.6 Å². The molecule has 84 valence electrons. The first kappa shape index (κ1) is 12.5. The maximum absolute atomic E-state index is 6.07. The number of benzene rings is 1. The van der Waals surface area contributed by atoms with Gasteiger partial charge in [0, 0.05) is 11.1 Å². The largest absolute Gasteiger partial charge is 0.314 e. The summed E-state index contributed by atoms with van der Waals surface area (Å²) in [6, 6.07) is 8.70. The molecule has 0 aliphatic carbocycles. The lowest BCUT2D eigenvalue weighted by molar-refractivity contribution is 0.524. The van der Waals surface area contributed by atoms with Gasteiger partial charge in [0.15, 0.2) is 0 Å². The highest BCUT2D eigenvalue weighted by atomic mass is 35.5. The number of hydrogen-bond donors (Lipinski definition) is 1. The normalized spacial score (nSPS) is 12.7. The van der Waals surface area contributed by atoms with Crippen LogP contribution in [0.5, 0.6) is 0 Å². The van der Waals surface area contributed by atoms with Crippen LogP contribution in [0.15, 0.2) is 24.3 Å². The molecule has 0 saturated carbocycles. The van der Waals surface area contributed by atoms with Crippen molar-refractivity contribution in [2.24, 2.45) is 0 Å². The van der Waals surface area contributed by atoms with Crippen molar-refractivity contribution in [2.75, 3.05) is 6.54 Å². The quantitative estimate of drug-likeness (QED) is 0.729. The van der Waals surface area contributed by atoms with Crippen LogP contribution in [0.3, 0.4) is 0 Å². The van der Waals surface area contributed by atoms with E-state index < -0.39 is 0 Å². The minimum Gasteiger partial charge on any atom is -0.314 e. The van der Waals surface area contributed by atoms with Crippen molar-refractivity contribution in [2.45, 2.75) is 39.2 Å². The van der Waals surface area contributed by atoms with Gasteiger partial charge in [0.25, 0.3) is 0 Å². The van der Waals surface area contributed by atoms with E-state index in [0.29, 0.717) is 6.04 Å². The molecule has 0 aliphatic heterocycles. The summed E-state index contributed by atoms with van der Waals surface area (Å²) in [7, 11) is 0. The van der Waals surface area contributed by atoms with Crippen molar-refractivity contribution in [1.82, 2.24) is 5.32 Å². The average Bonchev–Trinajstić information content (AvgIpc) is 2.26. The fraction of sp³-hybridized carbons (Fsp3) is 0.538. The molecule has 0 fully saturated rings. The van der Waals surface area contributed by atoms with Crippen molar-refractivity contribution in [3.8, 4) is 0 Å². The lowest BCUT2D eigenvalue weighted by atomic mass is 10.1. The van der Waals surface area contributed by atoms with Crippen molar-refractivity contribution in [3.63, 3.8) is 0 Å². The van der Waals surface area contributed by atoms with Crippen LogP contribution in [0.25, 0.3) is 0 Å². The van der Waals surface area contributed by atoms with E-state index in [9.17, 15) is 0 Å². The molecule has 0 heterocycles. The van der Waals surface area contributed by atoms with E-state index in [2.05, 4.69) is 25.2 Å². The maximum Gasteiger partial charge on any atom is 0.0437 e. The highest BCUT2D eigenvalue weighted by Crippen LogP contribution is 2.16. The van der Waals surface area contributed by atoms with Crippen LogP contribution in [0.1, 0.15) is 32.3 Å². The summed E-state index contributed by atoms with van der Waals surface area (Å²) >= 11 is 6.07. The molecule has 15 heavy (non-hydrogen) atoms. The van der Waals surface area contributed by atoms with E-state index in [1.54, 1.807) is 0 Å². The summed E-state index contributed by atoms with van der Waals surface area (Å²) in [5.41, 5.74) is 1.25. The maximum atomic E-state index is 6.07. The molecular weight excluding hydrogens is 206 g/mol. The molecule has 1 rings (SSSR count). The molecule has 0 bridgehead atoms. The van der Waals surface area contributed by atoms with Crippen LogP contribution < -0.4 is 5.32 Å². The molecule has 1 nitrogen and oxygen atoms in total. The summed E-state index contributed by atoms with van der Waals surface area (Å²) in [6.07, 6.45) is 3.39. The topological polar surface area (TPSA) is 12.0 Å². The Morgan fingerprint density at radius 3 is 2.73 bits per heavy atom. The Hall–Kier alpha value is -0.530. The molecule has 1 aromatic carbocycles. The van der Waals surface area contributed by atoms with E-state index in [1.807, 2.05) is 18.2 Å². The third-order valence-corrected chi connectivity index (χ3v) is 3.05. The SMILES string of the molecule is CCC(C)NCCCc1ccccc1Cl. The molecule has 0 aliphatic rings. The molecule has 1 unspecified atom stereocenters. The second kappa shape index (κ2) is 6.86. The predicted molar refractivity (Wildman–Crippen MR) is 67.5 cm³/mol. The van der Waals surface area contributed by atoms with E-state index >= 15 is 0 Å². The molecule has 2 heteroatoms. The standard InChI is InChI=1S/C13H20ClN/c1-3-11(2)15-10-6-8-12-7-4-5-9-13(12)14/h4-5,7,9,11,15H,3,6,8,10H2,1-2H3. The van der Waals surface area contributed by atoms with Gasteiger partial charge in [-0.3, -0.25) is 0 Å². The Morgan fingerprint density at radius 1 is 1.33 bits per heavy atom. The van der Waals surface area contributed by atoms with Gasteiger partial charge in [0.1, 0.15) is 0 Å². The zero-order valence-corrected chi connectivity index (χ0v) is 10.3. The van der Waals surface area contributed by atoms with E-state index in [1.165, 1.54) is 12.0 Å². The Bertz CT molecular complexity index is 286. The smallest absolute Gasteiger partial charge is 0.0437 e. The van der Waals surface area contributed by atoms with Gasteiger partial charge in [-0.2, -0.15) is 0 Å². The Labute approximate surface area is 97.8 Å². The van der Waals surface area contributed by atoms with Crippen LogP contribution >= 0.6 is 11.6 Å². The second-order valence-electron chi connectivity index (χ2n) is 3.96. The third kappa shape index (κ3) is 4.67. The fourth-order valence-corrected chi connectivity index (χ4v) is 1.70. The first-order chi connectivity index (χ1) is 7.24. The second-order valence-corrected chi connectivity index (χ2v) is 4.37. The molecular formula is C13H20ClN. The highest BCUT2D eigenvalue weighted by Gasteiger charge is 1.99. The lowest BCUT2D eigenvalue weighted by Crippen LogP contribution is -2.26. The van der Waals surface area contributed by atoms with Gasteiger partial charge in [0.05, 0.1) is 0 Å². The van der Waals surface area contributed by atoms with E-state index in [4.69, 9.17) is 11.6 Å². The zero-order valence-electron chi connectivity index (χ0n) is 9.59. The van der Waals surface area contributed by atoms with Crippen molar-refractivity contribution in [3.05, 3.63) is 34.9 Å². The van der Waals surface area contributed by atoms with Crippen molar-refractivity contribution < 1.29 is 0 Å². The molecule has 0 aromatic heterocycles. The summed E-state index contributed by atoms with van der Waals surface area (Å²) < 4.78 is 0. The minimum atomic E-state index is 0.622. The van der Waals surface area contributed by atoms with Crippen LogP contribution in [0.2, 0.25) is 5.02 Å². The molecule has 1 N–H and O–H groups in total. The Kier molecular flexibility index (Phi) is 5.74. The van der Waals surface area contributed by atoms with Gasteiger partial charge in [0.2, 0.25) is 0 Å². The minimum absolute atomic E-state index is 0.622. The Morgan fingerprint density at radius 2 is 2.07 bits per heavy atom. The Balaban J connectivity index is 2.23. The number of aryl methyl sites for hydroxylation is 1. The summed E-state index contributed by atoms with van der Waals surface area (Å²) in [5.74, 6) is 0.